The summed E-state index contributed by atoms with van der Waals surface area (Å²) >= 11 is 14.4. The van der Waals surface area contributed by atoms with Crippen molar-refractivity contribution in [2.24, 2.45) is 0 Å². The zero-order valence-electron chi connectivity index (χ0n) is 10.0. The fraction of sp³-hybridized carbons (Fsp3) is 0.231. The summed E-state index contributed by atoms with van der Waals surface area (Å²) < 4.78 is 15.9. The summed E-state index contributed by atoms with van der Waals surface area (Å²) in [5.74, 6) is -0.266. The van der Waals surface area contributed by atoms with Crippen LogP contribution >= 0.6 is 54.8 Å². The van der Waals surface area contributed by atoms with Crippen molar-refractivity contribution >= 4 is 54.8 Å². The maximum atomic E-state index is 13.8. The van der Waals surface area contributed by atoms with E-state index in [0.717, 1.165) is 13.1 Å². The van der Waals surface area contributed by atoms with Gasteiger partial charge in [-0.1, -0.05) is 17.7 Å². The third kappa shape index (κ3) is 3.79. The van der Waals surface area contributed by atoms with Gasteiger partial charge >= 0.3 is 0 Å². The van der Waals surface area contributed by atoms with Crippen molar-refractivity contribution in [3.63, 3.8) is 0 Å². The van der Waals surface area contributed by atoms with Crippen molar-refractivity contribution in [2.45, 2.75) is 12.5 Å². The summed E-state index contributed by atoms with van der Waals surface area (Å²) in [6, 6.07) is 6.89. The van der Waals surface area contributed by atoms with Crippen molar-refractivity contribution in [1.29, 1.82) is 0 Å². The first kappa shape index (κ1) is 15.4. The van der Waals surface area contributed by atoms with Crippen molar-refractivity contribution in [2.75, 3.05) is 7.05 Å². The van der Waals surface area contributed by atoms with Crippen LogP contribution in [0.3, 0.4) is 0 Å². The van der Waals surface area contributed by atoms with Gasteiger partial charge in [-0.25, -0.2) is 4.39 Å². The molecule has 102 valence electrons. The highest BCUT2D eigenvalue weighted by Gasteiger charge is 2.17. The monoisotopic (exact) mass is 425 g/mol. The molecule has 1 nitrogen and oxygen atoms in total. The van der Waals surface area contributed by atoms with Gasteiger partial charge in [-0.3, -0.25) is 0 Å². The molecule has 1 heterocycles. The lowest BCUT2D eigenvalue weighted by atomic mass is 10.0. The SMILES string of the molecule is CNC(Cc1ccc(Cl)cc1F)c1cc(Br)sc1Br. The molecule has 0 radical (unpaired) electrons. The molecule has 2 aromatic rings. The lowest BCUT2D eigenvalue weighted by Gasteiger charge is -2.16. The molecule has 1 unspecified atom stereocenters. The van der Waals surface area contributed by atoms with Crippen LogP contribution in [0.2, 0.25) is 5.02 Å². The second kappa shape index (κ2) is 6.68. The van der Waals surface area contributed by atoms with E-state index in [-0.39, 0.29) is 11.9 Å². The van der Waals surface area contributed by atoms with Gasteiger partial charge < -0.3 is 5.32 Å². The first-order valence-corrected chi connectivity index (χ1v) is 8.35. The average molecular weight is 428 g/mol. The van der Waals surface area contributed by atoms with Crippen LogP contribution in [0.5, 0.6) is 0 Å². The van der Waals surface area contributed by atoms with Gasteiger partial charge in [-0.05, 0) is 74.7 Å². The van der Waals surface area contributed by atoms with E-state index in [1.807, 2.05) is 13.1 Å². The first-order chi connectivity index (χ1) is 9.01. The van der Waals surface area contributed by atoms with Crippen LogP contribution in [0.1, 0.15) is 17.2 Å². The van der Waals surface area contributed by atoms with Crippen LogP contribution in [-0.2, 0) is 6.42 Å². The summed E-state index contributed by atoms with van der Waals surface area (Å²) in [4.78, 5) is 0. The van der Waals surface area contributed by atoms with E-state index in [2.05, 4.69) is 37.2 Å². The molecular weight excluding hydrogens is 416 g/mol. The molecule has 0 fully saturated rings. The largest absolute Gasteiger partial charge is 0.313 e. The number of hydrogen-bond donors (Lipinski definition) is 1. The molecule has 19 heavy (non-hydrogen) atoms. The summed E-state index contributed by atoms with van der Waals surface area (Å²) in [5.41, 5.74) is 1.77. The molecule has 1 atom stereocenters. The molecule has 0 amide bonds. The molecule has 2 rings (SSSR count). The lowest BCUT2D eigenvalue weighted by Crippen LogP contribution is -2.19. The van der Waals surface area contributed by atoms with Crippen LogP contribution in [0.15, 0.2) is 31.8 Å². The maximum absolute atomic E-state index is 13.8. The molecule has 1 aromatic heterocycles. The maximum Gasteiger partial charge on any atom is 0.127 e. The normalized spacial score (nSPS) is 12.7. The molecule has 0 spiro atoms. The Morgan fingerprint density at radius 1 is 1.37 bits per heavy atom. The number of rotatable bonds is 4. The van der Waals surface area contributed by atoms with Crippen molar-refractivity contribution in [3.8, 4) is 0 Å². The third-order valence-electron chi connectivity index (χ3n) is 2.85. The zero-order valence-corrected chi connectivity index (χ0v) is 14.8. The standard InChI is InChI=1S/C13H11Br2ClFNS/c1-18-11(9-6-12(14)19-13(9)15)4-7-2-3-8(16)5-10(7)17/h2-3,5-6,11,18H,4H2,1H3. The molecule has 0 aliphatic rings. The van der Waals surface area contributed by atoms with Crippen LogP contribution in [-0.4, -0.2) is 7.05 Å². The van der Waals surface area contributed by atoms with Gasteiger partial charge in [0.05, 0.1) is 7.57 Å². The van der Waals surface area contributed by atoms with E-state index in [1.165, 1.54) is 6.07 Å². The van der Waals surface area contributed by atoms with Gasteiger partial charge in [0.1, 0.15) is 5.82 Å². The minimum atomic E-state index is -0.266. The number of hydrogen-bond acceptors (Lipinski definition) is 2. The Morgan fingerprint density at radius 2 is 2.11 bits per heavy atom. The highest BCUT2D eigenvalue weighted by Crippen LogP contribution is 2.36. The Balaban J connectivity index is 2.26. The van der Waals surface area contributed by atoms with E-state index < -0.39 is 0 Å². The Bertz CT molecular complexity index is 588. The van der Waals surface area contributed by atoms with E-state index in [0.29, 0.717) is 17.0 Å². The van der Waals surface area contributed by atoms with Crippen molar-refractivity contribution < 1.29 is 4.39 Å². The van der Waals surface area contributed by atoms with Crippen LogP contribution in [0.4, 0.5) is 4.39 Å². The van der Waals surface area contributed by atoms with E-state index >= 15 is 0 Å². The molecule has 0 aliphatic heterocycles. The molecular formula is C13H11Br2ClFNS. The Morgan fingerprint density at radius 3 is 2.63 bits per heavy atom. The van der Waals surface area contributed by atoms with Crippen LogP contribution in [0.25, 0.3) is 0 Å². The summed E-state index contributed by atoms with van der Waals surface area (Å²) in [7, 11) is 1.87. The van der Waals surface area contributed by atoms with Crippen LogP contribution in [0, 0.1) is 5.82 Å². The molecule has 6 heteroatoms. The van der Waals surface area contributed by atoms with Gasteiger partial charge in [0, 0.05) is 11.1 Å². The predicted octanol–water partition coefficient (Wildman–Crippen LogP) is 5.57. The molecule has 0 aliphatic carbocycles. The van der Waals surface area contributed by atoms with Gasteiger partial charge in [0.15, 0.2) is 0 Å². The van der Waals surface area contributed by atoms with Crippen LogP contribution < -0.4 is 5.32 Å². The first-order valence-electron chi connectivity index (χ1n) is 5.57. The topological polar surface area (TPSA) is 12.0 Å². The molecule has 1 N–H and O–H groups in total. The molecule has 0 bridgehead atoms. The third-order valence-corrected chi connectivity index (χ3v) is 5.47. The number of benzene rings is 1. The van der Waals surface area contributed by atoms with Gasteiger partial charge in [-0.2, -0.15) is 0 Å². The van der Waals surface area contributed by atoms with E-state index in [4.69, 9.17) is 11.6 Å². The highest BCUT2D eigenvalue weighted by molar-refractivity contribution is 9.12. The van der Waals surface area contributed by atoms with Gasteiger partial charge in [0.25, 0.3) is 0 Å². The number of thiophene rings is 1. The summed E-state index contributed by atoms with van der Waals surface area (Å²) in [6.45, 7) is 0. The fourth-order valence-electron chi connectivity index (χ4n) is 1.87. The summed E-state index contributed by atoms with van der Waals surface area (Å²) in [5, 5.41) is 3.64. The highest BCUT2D eigenvalue weighted by atomic mass is 79.9. The second-order valence-corrected chi connectivity index (χ2v) is 8.25. The Labute approximate surface area is 137 Å². The number of halogens is 4. The zero-order chi connectivity index (χ0) is 14.0. The average Bonchev–Trinajstić information content (AvgIpc) is 2.68. The van der Waals surface area contributed by atoms with E-state index in [1.54, 1.807) is 23.5 Å². The van der Waals surface area contributed by atoms with Crippen molar-refractivity contribution in [3.05, 3.63) is 53.8 Å². The minimum absolute atomic E-state index is 0.0487. The minimum Gasteiger partial charge on any atom is -0.313 e. The number of likely N-dealkylation sites (N-methyl/N-ethyl adjacent to an activating group) is 1. The van der Waals surface area contributed by atoms with Gasteiger partial charge in [0.2, 0.25) is 0 Å². The van der Waals surface area contributed by atoms with E-state index in [9.17, 15) is 4.39 Å². The lowest BCUT2D eigenvalue weighted by molar-refractivity contribution is 0.554. The Kier molecular flexibility index (Phi) is 5.43. The predicted molar refractivity (Wildman–Crippen MR) is 86.6 cm³/mol. The number of nitrogens with one attached hydrogen (secondary N) is 1. The summed E-state index contributed by atoms with van der Waals surface area (Å²) in [6.07, 6.45) is 0.571. The quantitative estimate of drug-likeness (QED) is 0.673. The van der Waals surface area contributed by atoms with Crippen molar-refractivity contribution in [1.82, 2.24) is 5.32 Å². The fourth-order valence-corrected chi connectivity index (χ4v) is 5.00. The Hall–Kier alpha value is 0.0600. The molecule has 0 saturated heterocycles. The van der Waals surface area contributed by atoms with Gasteiger partial charge in [-0.15, -0.1) is 11.3 Å². The molecule has 0 saturated carbocycles. The smallest absolute Gasteiger partial charge is 0.127 e. The second-order valence-electron chi connectivity index (χ2n) is 4.06. The molecule has 1 aromatic carbocycles.